The van der Waals surface area contributed by atoms with Crippen molar-refractivity contribution in [3.63, 3.8) is 0 Å². The van der Waals surface area contributed by atoms with E-state index in [9.17, 15) is 9.90 Å². The van der Waals surface area contributed by atoms with E-state index in [2.05, 4.69) is 20.4 Å². The second-order valence-corrected chi connectivity index (χ2v) is 8.65. The number of aromatic hydroxyl groups is 1. The van der Waals surface area contributed by atoms with Gasteiger partial charge in [0.1, 0.15) is 24.2 Å². The first-order chi connectivity index (χ1) is 12.3. The number of carbonyl (C=O) groups excluding carboxylic acids is 1. The monoisotopic (exact) mass is 356 g/mol. The second kappa shape index (κ2) is 6.04. The van der Waals surface area contributed by atoms with Crippen LogP contribution in [-0.2, 0) is 16.1 Å². The summed E-state index contributed by atoms with van der Waals surface area (Å²) >= 11 is 0. The lowest BCUT2D eigenvalue weighted by Gasteiger charge is -2.61. The molecule has 4 atom stereocenters. The highest BCUT2D eigenvalue weighted by atomic mass is 16.5. The summed E-state index contributed by atoms with van der Waals surface area (Å²) in [6.45, 7) is 11.1. The van der Waals surface area contributed by atoms with Gasteiger partial charge < -0.3 is 14.6 Å². The highest BCUT2D eigenvalue weighted by molar-refractivity contribution is 5.69. The van der Waals surface area contributed by atoms with E-state index in [0.29, 0.717) is 18.3 Å². The fourth-order valence-corrected chi connectivity index (χ4v) is 5.22. The van der Waals surface area contributed by atoms with Crippen molar-refractivity contribution in [3.8, 4) is 11.5 Å². The molecular formula is C22H28O4. The molecule has 3 saturated carbocycles. The van der Waals surface area contributed by atoms with Gasteiger partial charge in [-0.3, -0.25) is 4.79 Å². The Morgan fingerprint density at radius 2 is 2.19 bits per heavy atom. The van der Waals surface area contributed by atoms with Crippen LogP contribution >= 0.6 is 0 Å². The number of hydrogen-bond donors (Lipinski definition) is 1. The summed E-state index contributed by atoms with van der Waals surface area (Å²) < 4.78 is 11.5. The van der Waals surface area contributed by atoms with Gasteiger partial charge in [-0.05, 0) is 53.4 Å². The second-order valence-electron chi connectivity index (χ2n) is 8.65. The summed E-state index contributed by atoms with van der Waals surface area (Å²) in [4.78, 5) is 11.7. The number of phenols is 1. The lowest BCUT2D eigenvalue weighted by atomic mass is 9.43. The largest absolute Gasteiger partial charge is 0.508 e. The first-order valence-corrected chi connectivity index (χ1v) is 9.71. The van der Waals surface area contributed by atoms with E-state index in [1.165, 1.54) is 0 Å². The van der Waals surface area contributed by atoms with Crippen LogP contribution in [0.4, 0.5) is 0 Å². The number of unbranched alkanes of at least 4 members (excludes halogenated alkanes) is 1. The average Bonchev–Trinajstić information content (AvgIpc) is 2.98. The first-order valence-electron chi connectivity index (χ1n) is 9.71. The molecule has 0 amide bonds. The maximum Gasteiger partial charge on any atom is 0.306 e. The number of phenolic OH excluding ortho intramolecular Hbond substituents is 1. The van der Waals surface area contributed by atoms with E-state index in [1.807, 2.05) is 13.0 Å². The lowest BCUT2D eigenvalue weighted by molar-refractivity contribution is -0.145. The molecule has 4 heteroatoms. The summed E-state index contributed by atoms with van der Waals surface area (Å²) in [6.07, 6.45) is 3.34. The quantitative estimate of drug-likeness (QED) is 0.613. The van der Waals surface area contributed by atoms with Gasteiger partial charge in [0.05, 0.1) is 0 Å². The summed E-state index contributed by atoms with van der Waals surface area (Å²) in [5.41, 5.74) is 3.05. The van der Waals surface area contributed by atoms with Crippen LogP contribution in [0.25, 0.3) is 0 Å². The van der Waals surface area contributed by atoms with Crippen LogP contribution < -0.4 is 4.74 Å². The van der Waals surface area contributed by atoms with E-state index >= 15 is 0 Å². The molecule has 1 aliphatic heterocycles. The van der Waals surface area contributed by atoms with Crippen LogP contribution in [0.2, 0.25) is 0 Å². The number of carbonyl (C=O) groups is 1. The van der Waals surface area contributed by atoms with E-state index in [0.717, 1.165) is 41.7 Å². The minimum Gasteiger partial charge on any atom is -0.508 e. The Balaban J connectivity index is 1.55. The SMILES string of the molecule is C=C1[C@@H]2Oc3cc(COC(=O)CCCC)cc(O)c3[C@@H]2[C@H]2C[C@@H]1C2(C)C. The van der Waals surface area contributed by atoms with Crippen LogP contribution in [0.3, 0.4) is 0 Å². The van der Waals surface area contributed by atoms with Crippen LogP contribution in [0, 0.1) is 17.3 Å². The number of hydrogen-bond acceptors (Lipinski definition) is 4. The van der Waals surface area contributed by atoms with Gasteiger partial charge >= 0.3 is 5.97 Å². The molecule has 26 heavy (non-hydrogen) atoms. The topological polar surface area (TPSA) is 55.8 Å². The molecule has 1 heterocycles. The Morgan fingerprint density at radius 3 is 2.88 bits per heavy atom. The molecule has 3 aliphatic carbocycles. The van der Waals surface area contributed by atoms with Crippen molar-refractivity contribution < 1.29 is 19.4 Å². The Morgan fingerprint density at radius 1 is 1.42 bits per heavy atom. The van der Waals surface area contributed by atoms with Gasteiger partial charge in [-0.25, -0.2) is 0 Å². The van der Waals surface area contributed by atoms with Crippen molar-refractivity contribution in [1.82, 2.24) is 0 Å². The molecule has 140 valence electrons. The number of rotatable bonds is 5. The van der Waals surface area contributed by atoms with Gasteiger partial charge in [-0.2, -0.15) is 0 Å². The Labute approximate surface area is 155 Å². The van der Waals surface area contributed by atoms with E-state index in [-0.39, 0.29) is 35.8 Å². The van der Waals surface area contributed by atoms with Gasteiger partial charge in [0.2, 0.25) is 0 Å². The predicted molar refractivity (Wildman–Crippen MR) is 99.1 cm³/mol. The van der Waals surface area contributed by atoms with Gasteiger partial charge in [0.15, 0.2) is 0 Å². The smallest absolute Gasteiger partial charge is 0.306 e. The van der Waals surface area contributed by atoms with Crippen molar-refractivity contribution >= 4 is 5.97 Å². The third kappa shape index (κ3) is 2.45. The summed E-state index contributed by atoms with van der Waals surface area (Å²) in [7, 11) is 0. The van der Waals surface area contributed by atoms with Crippen molar-refractivity contribution in [3.05, 3.63) is 35.4 Å². The minimum absolute atomic E-state index is 0.0324. The third-order valence-corrected chi connectivity index (χ3v) is 6.82. The van der Waals surface area contributed by atoms with Gasteiger partial charge in [0.25, 0.3) is 0 Å². The number of ether oxygens (including phenoxy) is 2. The number of benzene rings is 1. The van der Waals surface area contributed by atoms with Crippen LogP contribution in [-0.4, -0.2) is 17.2 Å². The molecule has 0 aromatic heterocycles. The lowest BCUT2D eigenvalue weighted by Crippen LogP contribution is -2.57. The standard InChI is InChI=1S/C22H28O4/c1-5-6-7-18(24)25-11-13-8-16(23)20-17(9-13)26-21-12(2)14-10-15(19(20)21)22(14,3)4/h8-9,14-15,19,21,23H,2,5-7,10-11H2,1,3-4H3/t14-,15+,19-,21-/m0/s1. The van der Waals surface area contributed by atoms with Crippen molar-refractivity contribution in [1.29, 1.82) is 0 Å². The average molecular weight is 356 g/mol. The number of fused-ring (bicyclic) bond motifs is 1. The van der Waals surface area contributed by atoms with E-state index in [4.69, 9.17) is 9.47 Å². The van der Waals surface area contributed by atoms with Crippen molar-refractivity contribution in [2.75, 3.05) is 0 Å². The third-order valence-electron chi connectivity index (χ3n) is 6.82. The molecule has 0 unspecified atom stereocenters. The first kappa shape index (κ1) is 17.4. The molecule has 0 spiro atoms. The van der Waals surface area contributed by atoms with Gasteiger partial charge in [-0.1, -0.05) is 33.8 Å². The predicted octanol–water partition coefficient (Wildman–Crippen LogP) is 4.70. The Hall–Kier alpha value is -1.97. The van der Waals surface area contributed by atoms with Crippen LogP contribution in [0.1, 0.15) is 63.5 Å². The van der Waals surface area contributed by atoms with E-state index < -0.39 is 0 Å². The number of esters is 1. The Kier molecular flexibility index (Phi) is 4.05. The molecule has 4 nitrogen and oxygen atoms in total. The molecule has 2 bridgehead atoms. The molecule has 0 saturated heterocycles. The fraction of sp³-hybridized carbons (Fsp3) is 0.591. The van der Waals surface area contributed by atoms with Gasteiger partial charge in [0, 0.05) is 17.9 Å². The highest BCUT2D eigenvalue weighted by Crippen LogP contribution is 2.69. The molecule has 1 N–H and O–H groups in total. The highest BCUT2D eigenvalue weighted by Gasteiger charge is 2.63. The van der Waals surface area contributed by atoms with Crippen LogP contribution in [0.5, 0.6) is 11.5 Å². The zero-order valence-corrected chi connectivity index (χ0v) is 15.9. The minimum atomic E-state index is -0.197. The zero-order valence-electron chi connectivity index (χ0n) is 15.9. The Bertz CT molecular complexity index is 764. The molecule has 1 aromatic carbocycles. The summed E-state index contributed by atoms with van der Waals surface area (Å²) in [5.74, 6) is 1.97. The van der Waals surface area contributed by atoms with Crippen molar-refractivity contribution in [2.45, 2.75) is 65.1 Å². The fourth-order valence-electron chi connectivity index (χ4n) is 5.22. The maximum atomic E-state index is 11.7. The summed E-state index contributed by atoms with van der Waals surface area (Å²) in [6, 6.07) is 3.64. The molecule has 3 fully saturated rings. The van der Waals surface area contributed by atoms with E-state index in [1.54, 1.807) is 6.07 Å². The molecule has 5 rings (SSSR count). The normalized spacial score (nSPS) is 30.0. The van der Waals surface area contributed by atoms with Gasteiger partial charge in [-0.15, -0.1) is 0 Å². The van der Waals surface area contributed by atoms with Crippen molar-refractivity contribution in [2.24, 2.45) is 17.3 Å². The maximum absolute atomic E-state index is 11.7. The molecule has 4 aliphatic rings. The summed E-state index contributed by atoms with van der Waals surface area (Å²) in [5, 5.41) is 10.7. The molecular weight excluding hydrogens is 328 g/mol. The zero-order chi connectivity index (χ0) is 18.6. The van der Waals surface area contributed by atoms with Crippen LogP contribution in [0.15, 0.2) is 24.3 Å². The molecule has 1 aromatic rings. The molecule has 0 radical (unpaired) electrons.